The van der Waals surface area contributed by atoms with Crippen molar-refractivity contribution >= 4 is 38.3 Å². The fourth-order valence-corrected chi connectivity index (χ4v) is 1.86. The predicted molar refractivity (Wildman–Crippen MR) is 59.6 cm³/mol. The third kappa shape index (κ3) is 1.55. The van der Waals surface area contributed by atoms with Gasteiger partial charge in [0, 0.05) is 9.86 Å². The Morgan fingerprint density at radius 3 is 2.93 bits per heavy atom. The molecule has 1 aromatic carbocycles. The van der Waals surface area contributed by atoms with E-state index in [2.05, 4.69) is 26.1 Å². The number of fused-ring (bicyclic) bond motifs is 1. The lowest BCUT2D eigenvalue weighted by Crippen LogP contribution is -2.10. The summed E-state index contributed by atoms with van der Waals surface area (Å²) in [6.45, 7) is 0. The van der Waals surface area contributed by atoms with Crippen molar-refractivity contribution in [2.24, 2.45) is 0 Å². The molecule has 0 unspecified atom stereocenters. The fraction of sp³-hybridized carbons (Fsp3) is 0.111. The van der Waals surface area contributed by atoms with Crippen LogP contribution in [0.25, 0.3) is 10.8 Å². The molecule has 2 aromatic rings. The van der Waals surface area contributed by atoms with E-state index >= 15 is 0 Å². The molecule has 1 heterocycles. The topological polar surface area (TPSA) is 45.8 Å². The Balaban J connectivity index is 2.92. The van der Waals surface area contributed by atoms with Gasteiger partial charge in [0.05, 0.1) is 17.0 Å². The first-order valence-corrected chi connectivity index (χ1v) is 5.28. The lowest BCUT2D eigenvalue weighted by molar-refractivity contribution is 0.961. The van der Waals surface area contributed by atoms with Crippen LogP contribution >= 0.6 is 27.5 Å². The normalized spacial score (nSPS) is 10.7. The zero-order valence-corrected chi connectivity index (χ0v) is 9.39. The molecule has 1 N–H and O–H groups in total. The number of aromatic amines is 1. The molecule has 0 aliphatic heterocycles. The third-order valence-electron chi connectivity index (χ3n) is 1.96. The van der Waals surface area contributed by atoms with E-state index in [4.69, 9.17) is 11.6 Å². The minimum absolute atomic E-state index is 0.193. The van der Waals surface area contributed by atoms with Gasteiger partial charge in [-0.1, -0.05) is 15.9 Å². The zero-order chi connectivity index (χ0) is 10.1. The molecule has 0 radical (unpaired) electrons. The summed E-state index contributed by atoms with van der Waals surface area (Å²) in [6, 6.07) is 5.40. The number of nitrogens with zero attached hydrogens (tertiary/aromatic N) is 1. The van der Waals surface area contributed by atoms with Gasteiger partial charge in [-0.25, -0.2) is 5.10 Å². The Morgan fingerprint density at radius 1 is 1.43 bits per heavy atom. The van der Waals surface area contributed by atoms with Gasteiger partial charge in [0.25, 0.3) is 5.56 Å². The average molecular weight is 274 g/mol. The molecule has 5 heteroatoms. The highest BCUT2D eigenvalue weighted by atomic mass is 79.9. The first kappa shape index (κ1) is 9.68. The lowest BCUT2D eigenvalue weighted by Gasteiger charge is -2.01. The molecule has 1 aromatic heterocycles. The highest BCUT2D eigenvalue weighted by Crippen LogP contribution is 2.19. The summed E-state index contributed by atoms with van der Waals surface area (Å²) in [5.41, 5.74) is 0.490. The number of aromatic nitrogens is 2. The van der Waals surface area contributed by atoms with Crippen LogP contribution in [-0.2, 0) is 5.88 Å². The Bertz CT molecular complexity index is 538. The molecule has 14 heavy (non-hydrogen) atoms. The fourth-order valence-electron chi connectivity index (χ4n) is 1.29. The van der Waals surface area contributed by atoms with E-state index in [0.717, 1.165) is 9.86 Å². The number of benzene rings is 1. The minimum Gasteiger partial charge on any atom is -0.267 e. The maximum absolute atomic E-state index is 11.4. The van der Waals surface area contributed by atoms with E-state index in [1.54, 1.807) is 6.07 Å². The Hall–Kier alpha value is -0.870. The van der Waals surface area contributed by atoms with Crippen LogP contribution in [0.2, 0.25) is 0 Å². The van der Waals surface area contributed by atoms with Crippen LogP contribution in [0.4, 0.5) is 0 Å². The van der Waals surface area contributed by atoms with Crippen molar-refractivity contribution in [2.75, 3.05) is 0 Å². The molecule has 0 amide bonds. The summed E-state index contributed by atoms with van der Waals surface area (Å²) in [6.07, 6.45) is 0. The lowest BCUT2D eigenvalue weighted by atomic mass is 10.1. The molecule has 0 atom stereocenters. The van der Waals surface area contributed by atoms with E-state index in [-0.39, 0.29) is 11.4 Å². The smallest absolute Gasteiger partial charge is 0.267 e. The molecule has 0 fully saturated rings. The summed E-state index contributed by atoms with van der Waals surface area (Å²) in [7, 11) is 0. The molecular formula is C9H6BrClN2O. The van der Waals surface area contributed by atoms with Crippen LogP contribution in [0.3, 0.4) is 0 Å². The SMILES string of the molecule is O=c1[nH]nc(CCl)c2cc(Br)ccc12. The van der Waals surface area contributed by atoms with Gasteiger partial charge < -0.3 is 0 Å². The average Bonchev–Trinajstić information content (AvgIpc) is 2.18. The van der Waals surface area contributed by atoms with Crippen molar-refractivity contribution in [3.05, 3.63) is 38.7 Å². The van der Waals surface area contributed by atoms with Crippen LogP contribution < -0.4 is 5.56 Å². The van der Waals surface area contributed by atoms with Crippen molar-refractivity contribution in [3.63, 3.8) is 0 Å². The summed E-state index contributed by atoms with van der Waals surface area (Å²) < 4.78 is 0.906. The first-order chi connectivity index (χ1) is 6.72. The number of nitrogens with one attached hydrogen (secondary N) is 1. The molecule has 0 spiro atoms. The van der Waals surface area contributed by atoms with Crippen LogP contribution in [0.15, 0.2) is 27.5 Å². The minimum atomic E-state index is -0.193. The van der Waals surface area contributed by atoms with Gasteiger partial charge in [-0.05, 0) is 18.2 Å². The van der Waals surface area contributed by atoms with Crippen LogP contribution in [0.1, 0.15) is 5.69 Å². The van der Waals surface area contributed by atoms with Crippen molar-refractivity contribution < 1.29 is 0 Å². The largest absolute Gasteiger partial charge is 0.272 e. The molecule has 0 aliphatic rings. The van der Waals surface area contributed by atoms with Crippen molar-refractivity contribution in [3.8, 4) is 0 Å². The second-order valence-electron chi connectivity index (χ2n) is 2.82. The van der Waals surface area contributed by atoms with E-state index in [9.17, 15) is 4.79 Å². The van der Waals surface area contributed by atoms with Gasteiger partial charge in [0.2, 0.25) is 0 Å². The van der Waals surface area contributed by atoms with E-state index in [1.807, 2.05) is 12.1 Å². The van der Waals surface area contributed by atoms with E-state index < -0.39 is 0 Å². The molecule has 72 valence electrons. The predicted octanol–water partition coefficient (Wildman–Crippen LogP) is 2.42. The van der Waals surface area contributed by atoms with E-state index in [0.29, 0.717) is 11.1 Å². The summed E-state index contributed by atoms with van der Waals surface area (Å²) in [5, 5.41) is 7.68. The Morgan fingerprint density at radius 2 is 2.21 bits per heavy atom. The van der Waals surface area contributed by atoms with Crippen LogP contribution in [0, 0.1) is 0 Å². The second kappa shape index (κ2) is 3.71. The molecule has 2 rings (SSSR count). The number of rotatable bonds is 1. The van der Waals surface area contributed by atoms with Gasteiger partial charge in [-0.3, -0.25) is 4.79 Å². The Kier molecular flexibility index (Phi) is 2.56. The summed E-state index contributed by atoms with van der Waals surface area (Å²) >= 11 is 9.05. The first-order valence-electron chi connectivity index (χ1n) is 3.95. The highest BCUT2D eigenvalue weighted by Gasteiger charge is 2.05. The molecule has 0 bridgehead atoms. The summed E-state index contributed by atoms with van der Waals surface area (Å²) in [4.78, 5) is 11.4. The number of halogens is 2. The maximum Gasteiger partial charge on any atom is 0.272 e. The highest BCUT2D eigenvalue weighted by molar-refractivity contribution is 9.10. The molecular weight excluding hydrogens is 267 g/mol. The van der Waals surface area contributed by atoms with Gasteiger partial charge in [-0.15, -0.1) is 11.6 Å². The van der Waals surface area contributed by atoms with Crippen molar-refractivity contribution in [1.29, 1.82) is 0 Å². The third-order valence-corrected chi connectivity index (χ3v) is 2.70. The molecule has 3 nitrogen and oxygen atoms in total. The van der Waals surface area contributed by atoms with Crippen LogP contribution in [0.5, 0.6) is 0 Å². The summed E-state index contributed by atoms with van der Waals surface area (Å²) in [5.74, 6) is 0.281. The number of H-pyrrole nitrogens is 1. The number of alkyl halides is 1. The van der Waals surface area contributed by atoms with Gasteiger partial charge >= 0.3 is 0 Å². The van der Waals surface area contributed by atoms with Gasteiger partial charge in [0.1, 0.15) is 0 Å². The van der Waals surface area contributed by atoms with Gasteiger partial charge in [0.15, 0.2) is 0 Å². The zero-order valence-electron chi connectivity index (χ0n) is 7.05. The molecule has 0 saturated carbocycles. The standard InChI is InChI=1S/C9H6BrClN2O/c10-5-1-2-6-7(3-5)8(4-11)12-13-9(6)14/h1-3H,4H2,(H,13,14). The quantitative estimate of drug-likeness (QED) is 0.811. The molecule has 0 aliphatic carbocycles. The number of hydrogen-bond acceptors (Lipinski definition) is 2. The molecule has 0 saturated heterocycles. The van der Waals surface area contributed by atoms with E-state index in [1.165, 1.54) is 0 Å². The van der Waals surface area contributed by atoms with Crippen molar-refractivity contribution in [1.82, 2.24) is 10.2 Å². The second-order valence-corrected chi connectivity index (χ2v) is 4.01. The monoisotopic (exact) mass is 272 g/mol. The Labute approximate surface area is 93.2 Å². The van der Waals surface area contributed by atoms with Crippen molar-refractivity contribution in [2.45, 2.75) is 5.88 Å². The van der Waals surface area contributed by atoms with Gasteiger partial charge in [-0.2, -0.15) is 5.10 Å². The maximum atomic E-state index is 11.4. The van der Waals surface area contributed by atoms with Crippen LogP contribution in [-0.4, -0.2) is 10.2 Å². The number of hydrogen-bond donors (Lipinski definition) is 1.